The molecule has 0 aliphatic heterocycles. The zero-order valence-corrected chi connectivity index (χ0v) is 9.19. The number of hydrogen-bond acceptors (Lipinski definition) is 6. The van der Waals surface area contributed by atoms with E-state index in [1.54, 1.807) is 0 Å². The van der Waals surface area contributed by atoms with Crippen molar-refractivity contribution in [3.8, 4) is 11.3 Å². The molecule has 2 N–H and O–H groups in total. The van der Waals surface area contributed by atoms with Crippen LogP contribution in [0.3, 0.4) is 0 Å². The summed E-state index contributed by atoms with van der Waals surface area (Å²) in [7, 11) is 0. The fourth-order valence-electron chi connectivity index (χ4n) is 1.30. The summed E-state index contributed by atoms with van der Waals surface area (Å²) in [4.78, 5) is 18.9. The maximum atomic E-state index is 10.8. The van der Waals surface area contributed by atoms with E-state index in [1.165, 1.54) is 11.3 Å². The standard InChI is InChI=1S/C9H8N4O2S/c1-5-2-6(4-16-5)8-7(13(14)15)3-11-9(10)12-8/h2-4H,1H3,(H2,10,11,12). The molecule has 0 aliphatic rings. The number of aryl methyl sites for hydroxylation is 1. The highest BCUT2D eigenvalue weighted by Gasteiger charge is 2.18. The van der Waals surface area contributed by atoms with Gasteiger partial charge in [0.05, 0.1) is 4.92 Å². The van der Waals surface area contributed by atoms with Crippen LogP contribution in [-0.2, 0) is 0 Å². The quantitative estimate of drug-likeness (QED) is 0.635. The first kappa shape index (κ1) is 10.5. The van der Waals surface area contributed by atoms with Crippen molar-refractivity contribution in [2.75, 3.05) is 5.73 Å². The average molecular weight is 236 g/mol. The number of thiophene rings is 1. The molecule has 0 saturated carbocycles. The molecule has 0 unspecified atom stereocenters. The molecule has 7 heteroatoms. The molecule has 0 amide bonds. The van der Waals surface area contributed by atoms with Crippen LogP contribution in [0.25, 0.3) is 11.3 Å². The van der Waals surface area contributed by atoms with Gasteiger partial charge in [-0.15, -0.1) is 11.3 Å². The number of nitrogen functional groups attached to an aromatic ring is 1. The van der Waals surface area contributed by atoms with E-state index in [9.17, 15) is 10.1 Å². The lowest BCUT2D eigenvalue weighted by molar-refractivity contribution is -0.384. The first-order chi connectivity index (χ1) is 7.58. The predicted molar refractivity (Wildman–Crippen MR) is 61.1 cm³/mol. The largest absolute Gasteiger partial charge is 0.368 e. The number of nitro groups is 1. The molecule has 0 fully saturated rings. The van der Waals surface area contributed by atoms with Crippen LogP contribution in [0.4, 0.5) is 11.6 Å². The minimum atomic E-state index is -0.512. The van der Waals surface area contributed by atoms with Gasteiger partial charge in [-0.05, 0) is 13.0 Å². The zero-order chi connectivity index (χ0) is 11.7. The Morgan fingerprint density at radius 3 is 2.88 bits per heavy atom. The first-order valence-electron chi connectivity index (χ1n) is 4.40. The molecule has 0 atom stereocenters. The second kappa shape index (κ2) is 3.86. The summed E-state index contributed by atoms with van der Waals surface area (Å²) in [5, 5.41) is 12.6. The fraction of sp³-hybridized carbons (Fsp3) is 0.111. The van der Waals surface area contributed by atoms with Crippen molar-refractivity contribution in [3.05, 3.63) is 32.6 Å². The van der Waals surface area contributed by atoms with Crippen LogP contribution in [0.1, 0.15) is 4.88 Å². The molecule has 0 radical (unpaired) electrons. The van der Waals surface area contributed by atoms with Gasteiger partial charge in [-0.3, -0.25) is 10.1 Å². The van der Waals surface area contributed by atoms with E-state index < -0.39 is 4.92 Å². The lowest BCUT2D eigenvalue weighted by Gasteiger charge is -1.99. The Hall–Kier alpha value is -2.02. The Kier molecular flexibility index (Phi) is 2.53. The number of anilines is 1. The third-order valence-corrected chi connectivity index (χ3v) is 2.85. The Balaban J connectivity index is 2.62. The molecule has 6 nitrogen and oxygen atoms in total. The monoisotopic (exact) mass is 236 g/mol. The maximum absolute atomic E-state index is 10.8. The maximum Gasteiger partial charge on any atom is 0.313 e. The summed E-state index contributed by atoms with van der Waals surface area (Å²) in [6, 6.07) is 1.83. The van der Waals surface area contributed by atoms with Crippen LogP contribution in [0, 0.1) is 17.0 Å². The van der Waals surface area contributed by atoms with Crippen LogP contribution in [-0.4, -0.2) is 14.9 Å². The molecule has 0 aromatic carbocycles. The lowest BCUT2D eigenvalue weighted by atomic mass is 10.2. The van der Waals surface area contributed by atoms with Crippen LogP contribution in [0.5, 0.6) is 0 Å². The van der Waals surface area contributed by atoms with E-state index in [4.69, 9.17) is 5.73 Å². The lowest BCUT2D eigenvalue weighted by Crippen LogP contribution is -2.00. The van der Waals surface area contributed by atoms with Crippen molar-refractivity contribution >= 4 is 23.0 Å². The number of rotatable bonds is 2. The molecule has 2 heterocycles. The number of nitrogens with zero attached hydrogens (tertiary/aromatic N) is 3. The summed E-state index contributed by atoms with van der Waals surface area (Å²) in [5.74, 6) is 0.0319. The molecule has 0 saturated heterocycles. The van der Waals surface area contributed by atoms with Crippen molar-refractivity contribution in [1.29, 1.82) is 0 Å². The summed E-state index contributed by atoms with van der Waals surface area (Å²) in [6.07, 6.45) is 1.13. The van der Waals surface area contributed by atoms with Crippen molar-refractivity contribution < 1.29 is 4.92 Å². The second-order valence-electron chi connectivity index (χ2n) is 3.17. The third-order valence-electron chi connectivity index (χ3n) is 1.99. The summed E-state index contributed by atoms with van der Waals surface area (Å²) in [6.45, 7) is 1.92. The van der Waals surface area contributed by atoms with Gasteiger partial charge in [0.1, 0.15) is 6.20 Å². The van der Waals surface area contributed by atoms with Gasteiger partial charge in [-0.25, -0.2) is 9.97 Å². The predicted octanol–water partition coefficient (Wildman–Crippen LogP) is 2.00. The molecule has 2 aromatic heterocycles. The second-order valence-corrected chi connectivity index (χ2v) is 4.28. The fourth-order valence-corrected chi connectivity index (χ4v) is 1.99. The molecule has 0 aliphatic carbocycles. The third kappa shape index (κ3) is 1.84. The van der Waals surface area contributed by atoms with Gasteiger partial charge in [0, 0.05) is 15.8 Å². The molecule has 2 aromatic rings. The number of hydrogen-bond donors (Lipinski definition) is 1. The van der Waals surface area contributed by atoms with Crippen LogP contribution >= 0.6 is 11.3 Å². The Morgan fingerprint density at radius 1 is 1.56 bits per heavy atom. The van der Waals surface area contributed by atoms with Crippen LogP contribution in [0.15, 0.2) is 17.6 Å². The van der Waals surface area contributed by atoms with Gasteiger partial charge in [0.2, 0.25) is 5.95 Å². The highest BCUT2D eigenvalue weighted by atomic mass is 32.1. The van der Waals surface area contributed by atoms with E-state index >= 15 is 0 Å². The summed E-state index contributed by atoms with van der Waals surface area (Å²) >= 11 is 1.50. The topological polar surface area (TPSA) is 94.9 Å². The summed E-state index contributed by atoms with van der Waals surface area (Å²) < 4.78 is 0. The highest BCUT2D eigenvalue weighted by Crippen LogP contribution is 2.30. The average Bonchev–Trinajstić information content (AvgIpc) is 2.64. The Labute approximate surface area is 94.9 Å². The molecular weight excluding hydrogens is 228 g/mol. The number of nitrogens with two attached hydrogens (primary N) is 1. The number of aromatic nitrogens is 2. The smallest absolute Gasteiger partial charge is 0.313 e. The van der Waals surface area contributed by atoms with Gasteiger partial charge in [0.15, 0.2) is 5.69 Å². The SMILES string of the molecule is Cc1cc(-c2nc(N)ncc2[N+](=O)[O-])cs1. The van der Waals surface area contributed by atoms with E-state index in [1.807, 2.05) is 18.4 Å². The van der Waals surface area contributed by atoms with Crippen LogP contribution < -0.4 is 5.73 Å². The molecule has 16 heavy (non-hydrogen) atoms. The van der Waals surface area contributed by atoms with Crippen molar-refractivity contribution in [2.45, 2.75) is 6.92 Å². The minimum Gasteiger partial charge on any atom is -0.368 e. The van der Waals surface area contributed by atoms with Crippen molar-refractivity contribution in [2.24, 2.45) is 0 Å². The van der Waals surface area contributed by atoms with Crippen LogP contribution in [0.2, 0.25) is 0 Å². The Bertz CT molecular complexity index is 552. The molecule has 0 bridgehead atoms. The normalized spacial score (nSPS) is 10.3. The van der Waals surface area contributed by atoms with Gasteiger partial charge in [0.25, 0.3) is 0 Å². The van der Waals surface area contributed by atoms with E-state index in [0.29, 0.717) is 5.56 Å². The van der Waals surface area contributed by atoms with Crippen molar-refractivity contribution in [3.63, 3.8) is 0 Å². The Morgan fingerprint density at radius 2 is 2.31 bits per heavy atom. The van der Waals surface area contributed by atoms with E-state index in [0.717, 1.165) is 11.1 Å². The van der Waals surface area contributed by atoms with Crippen molar-refractivity contribution in [1.82, 2.24) is 9.97 Å². The zero-order valence-electron chi connectivity index (χ0n) is 8.38. The molecular formula is C9H8N4O2S. The van der Waals surface area contributed by atoms with Gasteiger partial charge in [-0.1, -0.05) is 0 Å². The summed E-state index contributed by atoms with van der Waals surface area (Å²) in [5.41, 5.74) is 6.26. The minimum absolute atomic E-state index is 0.0319. The molecule has 2 rings (SSSR count). The molecule has 0 spiro atoms. The van der Waals surface area contributed by atoms with E-state index in [-0.39, 0.29) is 17.3 Å². The highest BCUT2D eigenvalue weighted by molar-refractivity contribution is 7.10. The van der Waals surface area contributed by atoms with E-state index in [2.05, 4.69) is 9.97 Å². The van der Waals surface area contributed by atoms with Gasteiger partial charge in [-0.2, -0.15) is 0 Å². The van der Waals surface area contributed by atoms with Gasteiger partial charge < -0.3 is 5.73 Å². The van der Waals surface area contributed by atoms with Gasteiger partial charge >= 0.3 is 5.69 Å². The molecule has 82 valence electrons. The first-order valence-corrected chi connectivity index (χ1v) is 5.28.